The number of phenolic OH excluding ortho intramolecular Hbond substituents is 1. The van der Waals surface area contributed by atoms with E-state index in [0.717, 1.165) is 0 Å². The molecule has 0 aliphatic heterocycles. The molecule has 4 aromatic carbocycles. The zero-order valence-corrected chi connectivity index (χ0v) is 76.7. The second kappa shape index (κ2) is 60.6. The minimum Gasteiger partial charge on any atom is -0.508 e. The fraction of sp³-hybridized carbons (Fsp3) is 0.511. The molecule has 0 bridgehead atoms. The fourth-order valence-corrected chi connectivity index (χ4v) is 14.0. The average molecular weight is 1890 g/mol. The molecule has 4 rings (SSSR count). The molecule has 0 aromatic heterocycles. The molecule has 0 unspecified atom stereocenters. The van der Waals surface area contributed by atoms with Gasteiger partial charge in [-0.15, -0.1) is 0 Å². The van der Waals surface area contributed by atoms with Crippen LogP contribution in [0.25, 0.3) is 0 Å². The first-order valence-electron chi connectivity index (χ1n) is 44.7. The number of carboxylic acids is 2. The van der Waals surface area contributed by atoms with E-state index in [2.05, 4.69) is 85.1 Å². The SMILES string of the molecule is CC(=O)N[C@@H](CCCCN)C(=O)N[C@@H](CCCCN)C(=O)N[C@@H](CCCNC(=N)N)C(=O)N[C@@H](Cc1ccc(O)cc1)C(=O)N[C@@H](CC(=O)O)C(=O)N[C@@H](CCCNC(=N)N)C(=O)N[C@@H](CCC(=O)O)C(=O)N[C@@H](Cc1ccccc1)C(=O)N[C@@H](CC(C)C)C(=O)N[C@@H](CC(C)C)C(=O)NCC(=O)N[C@@H](Cc1ccccc1)C(=O)N[C@@H](CCC(N)=O)C(=O)N[C@@H](Cc1ccccc1)C(N)=O. The van der Waals surface area contributed by atoms with Gasteiger partial charge >= 0.3 is 11.9 Å². The van der Waals surface area contributed by atoms with Crippen LogP contribution in [-0.4, -0.2) is 245 Å². The number of carbonyl (C=O) groups excluding carboxylic acids is 16. The molecular weight excluding hydrogens is 1750 g/mol. The minimum absolute atomic E-state index is 0.0128. The first kappa shape index (κ1) is 113. The highest BCUT2D eigenvalue weighted by atomic mass is 16.4. The van der Waals surface area contributed by atoms with Crippen molar-refractivity contribution in [3.8, 4) is 5.75 Å². The summed E-state index contributed by atoms with van der Waals surface area (Å²) in [6, 6.07) is 9.82. The number of aromatic hydroxyl groups is 1. The maximum absolute atomic E-state index is 15.0. The van der Waals surface area contributed by atoms with Crippen molar-refractivity contribution in [2.45, 2.75) is 248 Å². The number of guanidine groups is 2. The number of aliphatic carboxylic acids is 2. The molecule has 135 heavy (non-hydrogen) atoms. The lowest BCUT2D eigenvalue weighted by Gasteiger charge is -2.29. The summed E-state index contributed by atoms with van der Waals surface area (Å²) >= 11 is 0. The number of carbonyl (C=O) groups is 18. The van der Waals surface area contributed by atoms with Crippen molar-refractivity contribution in [1.29, 1.82) is 10.8 Å². The van der Waals surface area contributed by atoms with E-state index in [4.69, 9.17) is 45.2 Å². The highest BCUT2D eigenvalue weighted by Gasteiger charge is 2.39. The van der Waals surface area contributed by atoms with Crippen molar-refractivity contribution in [3.05, 3.63) is 138 Å². The maximum Gasteiger partial charge on any atom is 0.305 e. The third kappa shape index (κ3) is 45.5. The largest absolute Gasteiger partial charge is 0.508 e. The van der Waals surface area contributed by atoms with Crippen LogP contribution in [0.3, 0.4) is 0 Å². The number of unbranched alkanes of at least 4 members (excludes halogenated alkanes) is 2. The van der Waals surface area contributed by atoms with Gasteiger partial charge in [0, 0.05) is 58.5 Å². The van der Waals surface area contributed by atoms with Gasteiger partial charge < -0.3 is 135 Å². The van der Waals surface area contributed by atoms with E-state index in [1.807, 2.05) is 0 Å². The molecule has 0 heterocycles. The Labute approximate surface area is 782 Å². The summed E-state index contributed by atoms with van der Waals surface area (Å²) in [7, 11) is 0. The van der Waals surface area contributed by atoms with Crippen molar-refractivity contribution < 1.29 is 102 Å². The van der Waals surface area contributed by atoms with E-state index in [9.17, 15) is 96.8 Å². The van der Waals surface area contributed by atoms with Gasteiger partial charge in [0.1, 0.15) is 84.3 Å². The Kier molecular flexibility index (Phi) is 50.7. The van der Waals surface area contributed by atoms with Gasteiger partial charge in [-0.3, -0.25) is 97.1 Å². The zero-order valence-electron chi connectivity index (χ0n) is 76.7. The molecule has 16 amide bonds. The smallest absolute Gasteiger partial charge is 0.305 e. The van der Waals surface area contributed by atoms with Gasteiger partial charge in [-0.25, -0.2) is 0 Å². The molecule has 0 saturated carbocycles. The van der Waals surface area contributed by atoms with Gasteiger partial charge in [0.15, 0.2) is 11.9 Å². The molecule has 0 fully saturated rings. The van der Waals surface area contributed by atoms with Crippen LogP contribution in [0.1, 0.15) is 166 Å². The molecule has 45 nitrogen and oxygen atoms in total. The van der Waals surface area contributed by atoms with Gasteiger partial charge in [0.05, 0.1) is 13.0 Å². The number of carboxylic acid groups (broad SMARTS) is 2. The van der Waals surface area contributed by atoms with Crippen LogP contribution in [0, 0.1) is 22.7 Å². The highest BCUT2D eigenvalue weighted by molar-refractivity contribution is 6.01. The topological polar surface area (TPSA) is 764 Å². The lowest BCUT2D eigenvalue weighted by atomic mass is 9.99. The third-order valence-electron chi connectivity index (χ3n) is 21.0. The molecule has 0 radical (unpaired) electrons. The monoisotopic (exact) mass is 1890 g/mol. The van der Waals surface area contributed by atoms with E-state index < -0.39 is 242 Å². The lowest BCUT2D eigenvalue weighted by Crippen LogP contribution is -2.61. The summed E-state index contributed by atoms with van der Waals surface area (Å²) in [5, 5.41) is 86.9. The predicted octanol–water partition coefficient (Wildman–Crippen LogP) is -3.93. The highest BCUT2D eigenvalue weighted by Crippen LogP contribution is 2.18. The van der Waals surface area contributed by atoms with Crippen LogP contribution < -0.4 is 119 Å². The zero-order chi connectivity index (χ0) is 100. The summed E-state index contributed by atoms with van der Waals surface area (Å²) in [4.78, 5) is 251. The second-order valence-corrected chi connectivity index (χ2v) is 33.4. The van der Waals surface area contributed by atoms with E-state index in [1.54, 1.807) is 119 Å². The van der Waals surface area contributed by atoms with E-state index >= 15 is 4.79 Å². The first-order chi connectivity index (χ1) is 64.0. The van der Waals surface area contributed by atoms with E-state index in [1.165, 1.54) is 31.2 Å². The molecular formula is C90H134N24O21. The summed E-state index contributed by atoms with van der Waals surface area (Å²) < 4.78 is 0. The number of hydrogen-bond donors (Lipinski definition) is 27. The number of hydrogen-bond acceptors (Lipinski definition) is 23. The first-order valence-corrected chi connectivity index (χ1v) is 44.7. The number of nitrogens with one attached hydrogen (secondary N) is 18. The Balaban J connectivity index is 1.67. The van der Waals surface area contributed by atoms with Crippen molar-refractivity contribution in [2.75, 3.05) is 32.7 Å². The van der Waals surface area contributed by atoms with Gasteiger partial charge in [-0.05, 0) is 149 Å². The van der Waals surface area contributed by atoms with Crippen molar-refractivity contribution >= 4 is 118 Å². The van der Waals surface area contributed by atoms with Gasteiger partial charge in [0.2, 0.25) is 94.5 Å². The van der Waals surface area contributed by atoms with Crippen LogP contribution in [0.2, 0.25) is 0 Å². The number of amides is 16. The quantitative estimate of drug-likeness (QED) is 0.0114. The molecule has 0 aliphatic rings. The minimum atomic E-state index is -2.13. The number of rotatable bonds is 64. The lowest BCUT2D eigenvalue weighted by molar-refractivity contribution is -0.142. The van der Waals surface area contributed by atoms with Crippen LogP contribution >= 0.6 is 0 Å². The van der Waals surface area contributed by atoms with Gasteiger partial charge in [-0.1, -0.05) is 131 Å². The molecule has 0 saturated heterocycles. The Hall–Kier alpha value is -14.4. The van der Waals surface area contributed by atoms with Crippen LogP contribution in [-0.2, 0) is 112 Å². The molecule has 4 aromatic rings. The molecule has 740 valence electrons. The van der Waals surface area contributed by atoms with Crippen molar-refractivity contribution in [3.63, 3.8) is 0 Å². The number of nitrogens with two attached hydrogens (primary N) is 6. The van der Waals surface area contributed by atoms with Gasteiger partial charge in [0.25, 0.3) is 0 Å². The Morgan fingerprint density at radius 1 is 0.319 bits per heavy atom. The molecule has 33 N–H and O–H groups in total. The average Bonchev–Trinajstić information content (AvgIpc) is 0.835. The summed E-state index contributed by atoms with van der Waals surface area (Å²) in [6.45, 7) is 7.63. The van der Waals surface area contributed by atoms with E-state index in [0.29, 0.717) is 48.9 Å². The number of primary amides is 2. The summed E-state index contributed by atoms with van der Waals surface area (Å²) in [5.74, 6) is -20.6. The summed E-state index contributed by atoms with van der Waals surface area (Å²) in [6.07, 6.45) is -3.61. The second-order valence-electron chi connectivity index (χ2n) is 33.4. The number of phenols is 1. The molecule has 0 aliphatic carbocycles. The number of benzene rings is 4. The Morgan fingerprint density at radius 3 is 0.963 bits per heavy atom. The van der Waals surface area contributed by atoms with Crippen LogP contribution in [0.15, 0.2) is 115 Å². The Bertz CT molecular complexity index is 4610. The molecule has 45 heteroatoms. The predicted molar refractivity (Wildman–Crippen MR) is 496 cm³/mol. The Morgan fingerprint density at radius 2 is 0.615 bits per heavy atom. The maximum atomic E-state index is 15.0. The molecule has 13 atom stereocenters. The van der Waals surface area contributed by atoms with Crippen molar-refractivity contribution in [2.24, 2.45) is 46.2 Å². The molecule has 0 spiro atoms. The van der Waals surface area contributed by atoms with Crippen molar-refractivity contribution in [1.82, 2.24) is 85.1 Å². The fourth-order valence-electron chi connectivity index (χ4n) is 14.0. The summed E-state index contributed by atoms with van der Waals surface area (Å²) in [5.41, 5.74) is 35.6. The van der Waals surface area contributed by atoms with Gasteiger partial charge in [-0.2, -0.15) is 0 Å². The van der Waals surface area contributed by atoms with Crippen LogP contribution in [0.4, 0.5) is 0 Å². The normalized spacial score (nSPS) is 13.9. The third-order valence-corrected chi connectivity index (χ3v) is 21.0. The standard InChI is InChI=1S/C90H134N24O21/c1-51(2)43-66(77(124)101-50-73(118)103-68(46-55-23-11-7-12-24-55)85(132)108-63(35-37-72(93)117)82(129)109-65(76(94)123)45-54-21-9-6-10-22-54)110-84(131)67(44-52(3)4)111-86(133)69(47-56-25-13-8-14-26-56)113-83(130)64(36-38-74(119)120)107-80(127)61(29-19-41-99-89(95)96)106-88(135)71(49-75(121)122)114-87(134)70(48-57-31-33-58(116)34-32-57)112-81(128)62(30-20-42-100-90(97)98)105-79(126)60(28-16-18-40-92)104-78(125)59(102-53(5)115)27-15-17-39-91/h6-14,21-26,31-34,51-52,59-71,116H,15-20,27-30,35-50,91-92H2,1-5H3,(H2,93,117)(H2,94,123)(H,101,124)(H,102,115)(H,103,118)(H,104,125)(H,105,126)(H,106,135)(H,107,127)(H,108,132)(H,109,129)(H,110,131)(H,111,133)(H,112,128)(H,113,130)(H,114,134)(H,119,120)(H,121,122)(H4,95,96,99)(H4,97,98,100)/t59-,60-,61-,62-,63-,64-,65-,66-,67-,68-,69-,70-,71-/m0/s1. The van der Waals surface area contributed by atoms with Crippen LogP contribution in [0.5, 0.6) is 5.75 Å². The van der Waals surface area contributed by atoms with E-state index in [-0.39, 0.29) is 113 Å².